The fraction of sp³-hybridized carbons (Fsp3) is 0.375. The molecule has 0 radical (unpaired) electrons. The van der Waals surface area contributed by atoms with E-state index in [2.05, 4.69) is 20.3 Å². The summed E-state index contributed by atoms with van der Waals surface area (Å²) in [7, 11) is 3.05. The lowest BCUT2D eigenvalue weighted by Gasteiger charge is -2.25. The zero-order chi connectivity index (χ0) is 17.6. The molecule has 0 bridgehead atoms. The van der Waals surface area contributed by atoms with E-state index in [1.165, 1.54) is 20.4 Å². The van der Waals surface area contributed by atoms with E-state index in [1.807, 2.05) is 0 Å². The number of piperazine rings is 1. The van der Waals surface area contributed by atoms with Crippen molar-refractivity contribution in [3.63, 3.8) is 0 Å². The molecule has 1 fully saturated rings. The monoisotopic (exact) mass is 345 g/mol. The van der Waals surface area contributed by atoms with Crippen molar-refractivity contribution in [2.45, 2.75) is 0 Å². The summed E-state index contributed by atoms with van der Waals surface area (Å²) in [6.45, 7) is 2.68. The zero-order valence-corrected chi connectivity index (χ0v) is 14.1. The summed E-state index contributed by atoms with van der Waals surface area (Å²) in [5.74, 6) is 0.864. The summed E-state index contributed by atoms with van der Waals surface area (Å²) in [5, 5.41) is 3.17. The first-order valence-electron chi connectivity index (χ1n) is 7.80. The van der Waals surface area contributed by atoms with Crippen molar-refractivity contribution in [3.05, 3.63) is 24.5 Å². The summed E-state index contributed by atoms with van der Waals surface area (Å²) in [6.07, 6.45) is 2.68. The molecular formula is C16H19N5O4. The number of rotatable bonds is 4. The molecule has 1 aliphatic rings. The lowest BCUT2D eigenvalue weighted by atomic mass is 10.2. The van der Waals surface area contributed by atoms with Crippen LogP contribution in [0.2, 0.25) is 0 Å². The third kappa shape index (κ3) is 3.94. The second-order valence-electron chi connectivity index (χ2n) is 5.27. The molecule has 9 nitrogen and oxygen atoms in total. The van der Waals surface area contributed by atoms with Gasteiger partial charge in [-0.05, 0) is 12.1 Å². The van der Waals surface area contributed by atoms with Crippen LogP contribution in [0.4, 0.5) is 4.79 Å². The van der Waals surface area contributed by atoms with E-state index in [0.717, 1.165) is 13.1 Å². The van der Waals surface area contributed by atoms with Crippen LogP contribution in [0, 0.1) is 0 Å². The highest BCUT2D eigenvalue weighted by molar-refractivity contribution is 5.70. The van der Waals surface area contributed by atoms with Crippen LogP contribution in [-0.2, 0) is 0 Å². The van der Waals surface area contributed by atoms with Crippen molar-refractivity contribution in [1.29, 1.82) is 0 Å². The van der Waals surface area contributed by atoms with E-state index in [4.69, 9.17) is 14.2 Å². The van der Waals surface area contributed by atoms with Gasteiger partial charge in [0.25, 0.3) is 5.88 Å². The Hall–Kier alpha value is -2.94. The fourth-order valence-electron chi connectivity index (χ4n) is 2.41. The summed E-state index contributed by atoms with van der Waals surface area (Å²) in [6, 6.07) is 3.44. The number of aromatic nitrogens is 3. The van der Waals surface area contributed by atoms with Gasteiger partial charge in [-0.1, -0.05) is 0 Å². The Bertz CT molecular complexity index is 749. The molecule has 0 aliphatic carbocycles. The molecule has 0 atom stereocenters. The van der Waals surface area contributed by atoms with Crippen molar-refractivity contribution in [3.8, 4) is 28.9 Å². The van der Waals surface area contributed by atoms with Crippen molar-refractivity contribution < 1.29 is 19.0 Å². The highest BCUT2D eigenvalue weighted by Crippen LogP contribution is 2.29. The van der Waals surface area contributed by atoms with Gasteiger partial charge in [-0.25, -0.2) is 14.8 Å². The molecule has 2 aromatic heterocycles. The SMILES string of the molecule is COc1cc(-c2ccnc(OC(=O)N3CCNCC3)n2)cnc1OC. The molecule has 3 rings (SSSR count). The standard InChI is InChI=1S/C16H19N5O4/c1-23-13-9-11(10-19-14(13)24-2)12-3-4-18-15(20-12)25-16(22)21-7-5-17-6-8-21/h3-4,9-10,17H,5-8H2,1-2H3. The van der Waals surface area contributed by atoms with E-state index in [1.54, 1.807) is 23.2 Å². The minimum absolute atomic E-state index is 0.00387. The average molecular weight is 345 g/mol. The predicted molar refractivity (Wildman–Crippen MR) is 88.8 cm³/mol. The average Bonchev–Trinajstić information content (AvgIpc) is 2.68. The molecule has 9 heteroatoms. The number of nitrogens with one attached hydrogen (secondary N) is 1. The molecule has 0 aromatic carbocycles. The first-order chi connectivity index (χ1) is 12.2. The van der Waals surface area contributed by atoms with Gasteiger partial charge in [0.1, 0.15) is 0 Å². The van der Waals surface area contributed by atoms with Gasteiger partial charge in [0.15, 0.2) is 5.75 Å². The molecule has 1 N–H and O–H groups in total. The quantitative estimate of drug-likeness (QED) is 0.875. The van der Waals surface area contributed by atoms with Gasteiger partial charge >= 0.3 is 12.1 Å². The number of hydrogen-bond acceptors (Lipinski definition) is 8. The lowest BCUT2D eigenvalue weighted by Crippen LogP contribution is -2.47. The van der Waals surface area contributed by atoms with E-state index < -0.39 is 6.09 Å². The van der Waals surface area contributed by atoms with Gasteiger partial charge in [0.2, 0.25) is 0 Å². The number of hydrogen-bond donors (Lipinski definition) is 1. The van der Waals surface area contributed by atoms with E-state index in [9.17, 15) is 4.79 Å². The maximum absolute atomic E-state index is 12.1. The van der Waals surface area contributed by atoms with E-state index in [0.29, 0.717) is 36.0 Å². The Morgan fingerprint density at radius 3 is 2.72 bits per heavy atom. The minimum Gasteiger partial charge on any atom is -0.491 e. The number of pyridine rings is 1. The van der Waals surface area contributed by atoms with Gasteiger partial charge in [0.05, 0.1) is 19.9 Å². The third-order valence-electron chi connectivity index (χ3n) is 3.71. The predicted octanol–water partition coefficient (Wildman–Crippen LogP) is 0.960. The normalized spacial score (nSPS) is 14.1. The second-order valence-corrected chi connectivity index (χ2v) is 5.27. The topological polar surface area (TPSA) is 98.7 Å². The molecule has 1 aliphatic heterocycles. The lowest BCUT2D eigenvalue weighted by molar-refractivity contribution is 0.142. The molecule has 132 valence electrons. The number of carbonyl (C=O) groups excluding carboxylic acids is 1. The van der Waals surface area contributed by atoms with Gasteiger partial charge in [-0.15, -0.1) is 0 Å². The molecule has 0 saturated carbocycles. The van der Waals surface area contributed by atoms with Gasteiger partial charge in [0, 0.05) is 44.1 Å². The number of carbonyl (C=O) groups is 1. The Morgan fingerprint density at radius 1 is 1.20 bits per heavy atom. The van der Waals surface area contributed by atoms with Crippen LogP contribution < -0.4 is 19.5 Å². The Labute approximate surface area is 145 Å². The maximum Gasteiger partial charge on any atom is 0.417 e. The Kier molecular flexibility index (Phi) is 5.24. The third-order valence-corrected chi connectivity index (χ3v) is 3.71. The van der Waals surface area contributed by atoms with Gasteiger partial charge in [-0.3, -0.25) is 0 Å². The van der Waals surface area contributed by atoms with Crippen LogP contribution in [-0.4, -0.2) is 66.3 Å². The largest absolute Gasteiger partial charge is 0.491 e. The molecular weight excluding hydrogens is 326 g/mol. The smallest absolute Gasteiger partial charge is 0.417 e. The van der Waals surface area contributed by atoms with Crippen molar-refractivity contribution in [2.24, 2.45) is 0 Å². The van der Waals surface area contributed by atoms with Crippen molar-refractivity contribution >= 4 is 6.09 Å². The van der Waals surface area contributed by atoms with Crippen molar-refractivity contribution in [2.75, 3.05) is 40.4 Å². The van der Waals surface area contributed by atoms with Crippen LogP contribution in [0.3, 0.4) is 0 Å². The molecule has 0 spiro atoms. The van der Waals surface area contributed by atoms with E-state index in [-0.39, 0.29) is 6.01 Å². The number of amides is 1. The second kappa shape index (κ2) is 7.75. The maximum atomic E-state index is 12.1. The highest BCUT2D eigenvalue weighted by Gasteiger charge is 2.19. The highest BCUT2D eigenvalue weighted by atomic mass is 16.6. The summed E-state index contributed by atoms with van der Waals surface area (Å²) < 4.78 is 15.6. The van der Waals surface area contributed by atoms with Crippen LogP contribution >= 0.6 is 0 Å². The molecule has 25 heavy (non-hydrogen) atoms. The Balaban J connectivity index is 1.78. The van der Waals surface area contributed by atoms with Crippen LogP contribution in [0.15, 0.2) is 24.5 Å². The molecule has 3 heterocycles. The van der Waals surface area contributed by atoms with Crippen LogP contribution in [0.5, 0.6) is 17.6 Å². The number of methoxy groups -OCH3 is 2. The first kappa shape index (κ1) is 16.9. The molecule has 2 aromatic rings. The summed E-state index contributed by atoms with van der Waals surface area (Å²) in [4.78, 5) is 26.2. The minimum atomic E-state index is -0.455. The van der Waals surface area contributed by atoms with Crippen LogP contribution in [0.1, 0.15) is 0 Å². The molecule has 1 amide bonds. The molecule has 1 saturated heterocycles. The zero-order valence-electron chi connectivity index (χ0n) is 14.1. The van der Waals surface area contributed by atoms with Crippen LogP contribution in [0.25, 0.3) is 11.3 Å². The fourth-order valence-corrected chi connectivity index (χ4v) is 2.41. The summed E-state index contributed by atoms with van der Waals surface area (Å²) >= 11 is 0. The summed E-state index contributed by atoms with van der Waals surface area (Å²) in [5.41, 5.74) is 1.26. The number of nitrogens with zero attached hydrogens (tertiary/aromatic N) is 4. The molecule has 0 unspecified atom stereocenters. The van der Waals surface area contributed by atoms with Gasteiger partial charge < -0.3 is 24.4 Å². The van der Waals surface area contributed by atoms with Gasteiger partial charge in [-0.2, -0.15) is 4.98 Å². The number of ether oxygens (including phenoxy) is 3. The van der Waals surface area contributed by atoms with E-state index >= 15 is 0 Å². The first-order valence-corrected chi connectivity index (χ1v) is 7.80. The Morgan fingerprint density at radius 2 is 2.00 bits per heavy atom. The van der Waals surface area contributed by atoms with Crippen molar-refractivity contribution in [1.82, 2.24) is 25.2 Å².